The van der Waals surface area contributed by atoms with Crippen molar-refractivity contribution >= 4 is 40.5 Å². The highest BCUT2D eigenvalue weighted by Crippen LogP contribution is 2.39. The Morgan fingerprint density at radius 2 is 2.14 bits per heavy atom. The largest absolute Gasteiger partial charge is 0.344 e. The van der Waals surface area contributed by atoms with Crippen LogP contribution in [0.3, 0.4) is 0 Å². The molecule has 2 aromatic rings. The van der Waals surface area contributed by atoms with E-state index in [1.54, 1.807) is 29.6 Å². The van der Waals surface area contributed by atoms with Crippen LogP contribution < -0.4 is 10.7 Å². The van der Waals surface area contributed by atoms with E-state index in [1.807, 2.05) is 18.4 Å². The van der Waals surface area contributed by atoms with Crippen molar-refractivity contribution in [2.75, 3.05) is 13.1 Å². The fourth-order valence-corrected chi connectivity index (χ4v) is 5.47. The van der Waals surface area contributed by atoms with Gasteiger partial charge in [-0.05, 0) is 48.2 Å². The number of hydrogen-bond donors (Lipinski definition) is 2. The second-order valence-corrected chi connectivity index (χ2v) is 9.21. The summed E-state index contributed by atoms with van der Waals surface area (Å²) in [6.45, 7) is 4.34. The Morgan fingerprint density at radius 1 is 1.32 bits per heavy atom. The SMILES string of the molecule is CC[C@]1(C)NC(=O)N(NC(=O)CN2CCc3sccc3[C@@H]2c2cccs2)C1=O. The second-order valence-electron chi connectivity index (χ2n) is 7.23. The molecule has 0 aromatic carbocycles. The van der Waals surface area contributed by atoms with Gasteiger partial charge in [0.1, 0.15) is 5.54 Å². The molecule has 4 heterocycles. The molecule has 2 aliphatic rings. The van der Waals surface area contributed by atoms with Crippen molar-refractivity contribution in [3.8, 4) is 0 Å². The number of fused-ring (bicyclic) bond motifs is 1. The number of carbonyl (C=O) groups is 3. The van der Waals surface area contributed by atoms with Gasteiger partial charge >= 0.3 is 6.03 Å². The highest BCUT2D eigenvalue weighted by Gasteiger charge is 2.47. The van der Waals surface area contributed by atoms with Gasteiger partial charge in [0.2, 0.25) is 0 Å². The molecule has 1 fully saturated rings. The van der Waals surface area contributed by atoms with Gasteiger partial charge in [-0.2, -0.15) is 5.01 Å². The fourth-order valence-electron chi connectivity index (χ4n) is 3.69. The van der Waals surface area contributed by atoms with E-state index < -0.39 is 17.5 Å². The lowest BCUT2D eigenvalue weighted by molar-refractivity contribution is -0.139. The Morgan fingerprint density at radius 3 is 2.82 bits per heavy atom. The van der Waals surface area contributed by atoms with Crippen LogP contribution in [0, 0.1) is 0 Å². The van der Waals surface area contributed by atoms with Gasteiger partial charge in [-0.15, -0.1) is 22.7 Å². The monoisotopic (exact) mass is 418 g/mol. The Balaban J connectivity index is 1.50. The summed E-state index contributed by atoms with van der Waals surface area (Å²) in [7, 11) is 0. The molecule has 1 saturated heterocycles. The number of carbonyl (C=O) groups excluding carboxylic acids is 3. The van der Waals surface area contributed by atoms with Crippen molar-refractivity contribution in [3.05, 3.63) is 44.3 Å². The van der Waals surface area contributed by atoms with Crippen molar-refractivity contribution in [1.29, 1.82) is 0 Å². The molecule has 2 N–H and O–H groups in total. The van der Waals surface area contributed by atoms with E-state index in [1.165, 1.54) is 15.3 Å². The molecule has 0 unspecified atom stereocenters. The van der Waals surface area contributed by atoms with Crippen molar-refractivity contribution < 1.29 is 14.4 Å². The van der Waals surface area contributed by atoms with Gasteiger partial charge in [0.05, 0.1) is 12.6 Å². The van der Waals surface area contributed by atoms with Gasteiger partial charge in [0, 0.05) is 16.3 Å². The number of hydrogen-bond acceptors (Lipinski definition) is 6. The van der Waals surface area contributed by atoms with Crippen molar-refractivity contribution in [2.45, 2.75) is 38.3 Å². The zero-order valence-electron chi connectivity index (χ0n) is 15.7. The zero-order chi connectivity index (χ0) is 19.9. The highest BCUT2D eigenvalue weighted by atomic mass is 32.1. The van der Waals surface area contributed by atoms with E-state index in [-0.39, 0.29) is 18.5 Å². The molecule has 2 atom stereocenters. The predicted molar refractivity (Wildman–Crippen MR) is 108 cm³/mol. The number of amides is 4. The van der Waals surface area contributed by atoms with Crippen molar-refractivity contribution in [1.82, 2.24) is 20.7 Å². The average Bonchev–Trinajstić information content (AvgIpc) is 3.40. The van der Waals surface area contributed by atoms with Gasteiger partial charge in [-0.3, -0.25) is 19.9 Å². The molecular weight excluding hydrogens is 396 g/mol. The first-order valence-electron chi connectivity index (χ1n) is 9.23. The number of thiophene rings is 2. The number of nitrogens with one attached hydrogen (secondary N) is 2. The Kier molecular flexibility index (Phi) is 4.98. The van der Waals surface area contributed by atoms with Crippen LogP contribution >= 0.6 is 22.7 Å². The summed E-state index contributed by atoms with van der Waals surface area (Å²) in [5.74, 6) is -0.800. The lowest BCUT2D eigenvalue weighted by Crippen LogP contribution is -2.52. The van der Waals surface area contributed by atoms with E-state index in [0.29, 0.717) is 6.42 Å². The normalized spacial score (nSPS) is 24.9. The van der Waals surface area contributed by atoms with E-state index in [0.717, 1.165) is 18.0 Å². The molecule has 0 bridgehead atoms. The first kappa shape index (κ1) is 19.1. The number of urea groups is 1. The quantitative estimate of drug-likeness (QED) is 0.731. The van der Waals surface area contributed by atoms with E-state index in [2.05, 4.69) is 33.2 Å². The maximum atomic E-state index is 12.7. The van der Waals surface area contributed by atoms with Gasteiger partial charge in [0.25, 0.3) is 11.8 Å². The Hall–Kier alpha value is -2.23. The fraction of sp³-hybridized carbons (Fsp3) is 0.421. The van der Waals surface area contributed by atoms with Gasteiger partial charge in [-0.25, -0.2) is 4.79 Å². The molecule has 9 heteroatoms. The summed E-state index contributed by atoms with van der Waals surface area (Å²) >= 11 is 3.41. The van der Waals surface area contributed by atoms with Crippen LogP contribution in [-0.4, -0.2) is 46.4 Å². The molecule has 2 aliphatic heterocycles. The number of rotatable bonds is 5. The molecule has 0 spiro atoms. The van der Waals surface area contributed by atoms with Crippen LogP contribution in [0.5, 0.6) is 0 Å². The summed E-state index contributed by atoms with van der Waals surface area (Å²) in [6.07, 6.45) is 1.34. The Labute approximate surface area is 171 Å². The predicted octanol–water partition coefficient (Wildman–Crippen LogP) is 2.51. The minimum Gasteiger partial charge on any atom is -0.322 e. The first-order chi connectivity index (χ1) is 13.4. The maximum absolute atomic E-state index is 12.7. The third-order valence-electron chi connectivity index (χ3n) is 5.43. The summed E-state index contributed by atoms with van der Waals surface area (Å²) in [5.41, 5.74) is 2.76. The van der Waals surface area contributed by atoms with Crippen LogP contribution in [-0.2, 0) is 16.0 Å². The van der Waals surface area contributed by atoms with Crippen LogP contribution in [0.25, 0.3) is 0 Å². The molecule has 28 heavy (non-hydrogen) atoms. The average molecular weight is 419 g/mol. The zero-order valence-corrected chi connectivity index (χ0v) is 17.4. The lowest BCUT2D eigenvalue weighted by Gasteiger charge is -2.35. The molecule has 7 nitrogen and oxygen atoms in total. The molecule has 4 rings (SSSR count). The molecular formula is C19H22N4O3S2. The van der Waals surface area contributed by atoms with Crippen LogP contribution in [0.1, 0.15) is 41.6 Å². The number of nitrogens with zero attached hydrogens (tertiary/aromatic N) is 2. The van der Waals surface area contributed by atoms with Gasteiger partial charge in [-0.1, -0.05) is 13.0 Å². The topological polar surface area (TPSA) is 81.8 Å². The van der Waals surface area contributed by atoms with Crippen molar-refractivity contribution in [2.24, 2.45) is 0 Å². The Bertz CT molecular complexity index is 910. The van der Waals surface area contributed by atoms with Crippen LogP contribution in [0.15, 0.2) is 29.0 Å². The van der Waals surface area contributed by atoms with Gasteiger partial charge < -0.3 is 5.32 Å². The maximum Gasteiger partial charge on any atom is 0.344 e. The highest BCUT2D eigenvalue weighted by molar-refractivity contribution is 7.10. The molecule has 0 aliphatic carbocycles. The molecule has 148 valence electrons. The number of hydrazine groups is 1. The molecule has 0 saturated carbocycles. The molecule has 4 amide bonds. The minimum absolute atomic E-state index is 0.0183. The van der Waals surface area contributed by atoms with Crippen LogP contribution in [0.2, 0.25) is 0 Å². The number of imide groups is 1. The van der Waals surface area contributed by atoms with Crippen LogP contribution in [0.4, 0.5) is 4.79 Å². The first-order valence-corrected chi connectivity index (χ1v) is 11.0. The smallest absolute Gasteiger partial charge is 0.322 e. The molecule has 0 radical (unpaired) electrons. The van der Waals surface area contributed by atoms with E-state index >= 15 is 0 Å². The van der Waals surface area contributed by atoms with E-state index in [9.17, 15) is 14.4 Å². The minimum atomic E-state index is -0.972. The third-order valence-corrected chi connectivity index (χ3v) is 7.35. The lowest BCUT2D eigenvalue weighted by atomic mass is 9.98. The second kappa shape index (κ2) is 7.31. The molecule has 2 aromatic heterocycles. The van der Waals surface area contributed by atoms with Gasteiger partial charge in [0.15, 0.2) is 0 Å². The third kappa shape index (κ3) is 3.23. The van der Waals surface area contributed by atoms with Crippen molar-refractivity contribution in [3.63, 3.8) is 0 Å². The summed E-state index contributed by atoms with van der Waals surface area (Å²) < 4.78 is 0. The summed E-state index contributed by atoms with van der Waals surface area (Å²) in [4.78, 5) is 42.0. The van der Waals surface area contributed by atoms with E-state index in [4.69, 9.17) is 0 Å². The standard InChI is InChI=1S/C19H22N4O3S2/c1-3-19(2)17(25)23(18(26)20-19)21-15(24)11-22-8-6-13-12(7-10-28-13)16(22)14-5-4-9-27-14/h4-5,7,9-10,16H,3,6,8,11H2,1-2H3,(H,20,26)(H,21,24)/t16-,19+/m1/s1. The summed E-state index contributed by atoms with van der Waals surface area (Å²) in [6, 6.07) is 5.65. The summed E-state index contributed by atoms with van der Waals surface area (Å²) in [5, 5.41) is 7.58.